The van der Waals surface area contributed by atoms with Crippen LogP contribution in [-0.2, 0) is 14.8 Å². The second-order valence-corrected chi connectivity index (χ2v) is 12.2. The lowest BCUT2D eigenvalue weighted by Gasteiger charge is -2.50. The molecule has 0 bridgehead atoms. The lowest BCUT2D eigenvalue weighted by molar-refractivity contribution is -0.141. The minimum absolute atomic E-state index is 0.00424. The Morgan fingerprint density at radius 3 is 2.07 bits per heavy atom. The van der Waals surface area contributed by atoms with Crippen LogP contribution in [0.3, 0.4) is 0 Å². The normalized spacial score (nSPS) is 24.2. The summed E-state index contributed by atoms with van der Waals surface area (Å²) in [6, 6.07) is 0.239. The van der Waals surface area contributed by atoms with Crippen LogP contribution >= 0.6 is 0 Å². The summed E-state index contributed by atoms with van der Waals surface area (Å²) in [5.74, 6) is 0.315. The molecule has 1 amide bonds. The fourth-order valence-electron chi connectivity index (χ4n) is 5.09. The molecule has 0 aromatic rings. The Bertz CT molecular complexity index is 621. The Hall–Kier alpha value is -0.660. The van der Waals surface area contributed by atoms with Crippen molar-refractivity contribution in [2.45, 2.75) is 97.2 Å². The van der Waals surface area contributed by atoms with Crippen LogP contribution in [0.2, 0.25) is 0 Å². The molecule has 2 heterocycles. The van der Waals surface area contributed by atoms with E-state index in [1.807, 2.05) is 0 Å². The molecule has 0 unspecified atom stereocenters. The van der Waals surface area contributed by atoms with Crippen molar-refractivity contribution in [2.24, 2.45) is 5.92 Å². The Morgan fingerprint density at radius 2 is 1.61 bits per heavy atom. The van der Waals surface area contributed by atoms with Gasteiger partial charge in [-0.1, -0.05) is 13.3 Å². The smallest absolute Gasteiger partial charge is 0.226 e. The van der Waals surface area contributed by atoms with Crippen LogP contribution in [0.1, 0.15) is 80.1 Å². The van der Waals surface area contributed by atoms with E-state index in [1.54, 1.807) is 11.2 Å². The van der Waals surface area contributed by atoms with Gasteiger partial charge in [0.25, 0.3) is 0 Å². The molecule has 2 fully saturated rings. The van der Waals surface area contributed by atoms with Gasteiger partial charge < -0.3 is 10.2 Å². The van der Waals surface area contributed by atoms with Crippen molar-refractivity contribution in [1.82, 2.24) is 14.5 Å². The standard InChI is InChI=1S/C21H41N3O3S/c1-7-9-12-24(18-15-20(3,4)22-21(5,6)16-18)19(25)17-10-13-23(14-11-17)28(26,27)8-2/h17-18,22H,7-16H2,1-6H3. The van der Waals surface area contributed by atoms with Gasteiger partial charge in [0.2, 0.25) is 15.9 Å². The highest BCUT2D eigenvalue weighted by molar-refractivity contribution is 7.89. The van der Waals surface area contributed by atoms with Crippen LogP contribution in [0.5, 0.6) is 0 Å². The van der Waals surface area contributed by atoms with E-state index in [0.29, 0.717) is 25.9 Å². The number of nitrogens with one attached hydrogen (secondary N) is 1. The van der Waals surface area contributed by atoms with Crippen LogP contribution < -0.4 is 5.32 Å². The molecular formula is C21H41N3O3S. The first-order chi connectivity index (χ1) is 12.9. The van der Waals surface area contributed by atoms with E-state index < -0.39 is 10.0 Å². The maximum Gasteiger partial charge on any atom is 0.226 e. The monoisotopic (exact) mass is 415 g/mol. The molecule has 6 nitrogen and oxygen atoms in total. The number of hydrogen-bond acceptors (Lipinski definition) is 4. The number of piperidine rings is 2. The quantitative estimate of drug-likeness (QED) is 0.694. The van der Waals surface area contributed by atoms with E-state index in [4.69, 9.17) is 0 Å². The molecule has 0 aromatic carbocycles. The number of carbonyl (C=O) groups excluding carboxylic acids is 1. The SMILES string of the molecule is CCCCN(C(=O)C1CCN(S(=O)(=O)CC)CC1)C1CC(C)(C)NC(C)(C)C1. The first-order valence-electron chi connectivity index (χ1n) is 11.0. The molecule has 0 aliphatic carbocycles. The van der Waals surface area contributed by atoms with Crippen LogP contribution in [-0.4, -0.2) is 66.0 Å². The van der Waals surface area contributed by atoms with Crippen molar-refractivity contribution in [3.05, 3.63) is 0 Å². The summed E-state index contributed by atoms with van der Waals surface area (Å²) in [6.45, 7) is 14.5. The Labute approximate surface area is 172 Å². The fraction of sp³-hybridized carbons (Fsp3) is 0.952. The summed E-state index contributed by atoms with van der Waals surface area (Å²) >= 11 is 0. The van der Waals surface area contributed by atoms with Crippen molar-refractivity contribution in [3.8, 4) is 0 Å². The van der Waals surface area contributed by atoms with Gasteiger partial charge in [-0.25, -0.2) is 12.7 Å². The van der Waals surface area contributed by atoms with E-state index in [-0.39, 0.29) is 34.7 Å². The minimum atomic E-state index is -3.16. The fourth-order valence-corrected chi connectivity index (χ4v) is 6.22. The summed E-state index contributed by atoms with van der Waals surface area (Å²) < 4.78 is 25.8. The topological polar surface area (TPSA) is 69.7 Å². The second kappa shape index (κ2) is 9.00. The number of amides is 1. The number of nitrogens with zero attached hydrogens (tertiary/aromatic N) is 2. The van der Waals surface area contributed by atoms with Gasteiger partial charge in [-0.15, -0.1) is 0 Å². The van der Waals surface area contributed by atoms with Crippen molar-refractivity contribution in [1.29, 1.82) is 0 Å². The predicted octanol–water partition coefficient (Wildman–Crippen LogP) is 2.99. The van der Waals surface area contributed by atoms with Crippen molar-refractivity contribution >= 4 is 15.9 Å². The predicted molar refractivity (Wildman–Crippen MR) is 115 cm³/mol. The molecule has 2 aliphatic heterocycles. The molecule has 164 valence electrons. The maximum absolute atomic E-state index is 13.5. The van der Waals surface area contributed by atoms with Crippen LogP contribution in [0, 0.1) is 5.92 Å². The zero-order valence-corrected chi connectivity index (χ0v) is 19.6. The minimum Gasteiger partial charge on any atom is -0.339 e. The molecule has 1 N–H and O–H groups in total. The third kappa shape index (κ3) is 5.92. The van der Waals surface area contributed by atoms with Crippen LogP contribution in [0.15, 0.2) is 0 Å². The van der Waals surface area contributed by atoms with Gasteiger partial charge in [-0.2, -0.15) is 0 Å². The zero-order chi connectivity index (χ0) is 21.2. The number of rotatable bonds is 7. The van der Waals surface area contributed by atoms with Gasteiger partial charge in [-0.3, -0.25) is 4.79 Å². The lowest BCUT2D eigenvalue weighted by Crippen LogP contribution is -2.63. The third-order valence-corrected chi connectivity index (χ3v) is 8.09. The highest BCUT2D eigenvalue weighted by atomic mass is 32.2. The van der Waals surface area contributed by atoms with Crippen molar-refractivity contribution in [2.75, 3.05) is 25.4 Å². The van der Waals surface area contributed by atoms with E-state index >= 15 is 0 Å². The molecule has 2 aliphatic rings. The molecule has 0 atom stereocenters. The van der Waals surface area contributed by atoms with Crippen LogP contribution in [0.4, 0.5) is 0 Å². The number of unbranched alkanes of at least 4 members (excludes halogenated alkanes) is 1. The van der Waals surface area contributed by atoms with E-state index in [0.717, 1.165) is 32.2 Å². The molecule has 0 radical (unpaired) electrons. The Morgan fingerprint density at radius 1 is 1.07 bits per heavy atom. The molecule has 28 heavy (non-hydrogen) atoms. The van der Waals surface area contributed by atoms with E-state index in [9.17, 15) is 13.2 Å². The average Bonchev–Trinajstić information content (AvgIpc) is 2.59. The molecule has 2 rings (SSSR count). The average molecular weight is 416 g/mol. The molecular weight excluding hydrogens is 374 g/mol. The van der Waals surface area contributed by atoms with Crippen molar-refractivity contribution in [3.63, 3.8) is 0 Å². The summed E-state index contributed by atoms with van der Waals surface area (Å²) in [5, 5.41) is 3.71. The molecule has 0 aromatic heterocycles. The molecule has 7 heteroatoms. The van der Waals surface area contributed by atoms with Gasteiger partial charge in [-0.05, 0) is 66.7 Å². The molecule has 0 saturated carbocycles. The lowest BCUT2D eigenvalue weighted by atomic mass is 9.78. The van der Waals surface area contributed by atoms with Gasteiger partial charge in [0.15, 0.2) is 0 Å². The molecule has 0 spiro atoms. The van der Waals surface area contributed by atoms with Gasteiger partial charge in [0, 0.05) is 42.7 Å². The third-order valence-electron chi connectivity index (χ3n) is 6.21. The van der Waals surface area contributed by atoms with Gasteiger partial charge >= 0.3 is 0 Å². The maximum atomic E-state index is 13.5. The van der Waals surface area contributed by atoms with Gasteiger partial charge in [0.05, 0.1) is 5.75 Å². The summed E-state index contributed by atoms with van der Waals surface area (Å²) in [7, 11) is -3.16. The number of hydrogen-bond donors (Lipinski definition) is 1. The Balaban J connectivity index is 2.12. The van der Waals surface area contributed by atoms with Gasteiger partial charge in [0.1, 0.15) is 0 Å². The second-order valence-electron chi connectivity index (χ2n) is 9.91. The summed E-state index contributed by atoms with van der Waals surface area (Å²) in [5.41, 5.74) is -0.00847. The summed E-state index contributed by atoms with van der Waals surface area (Å²) in [6.07, 6.45) is 5.26. The zero-order valence-electron chi connectivity index (χ0n) is 18.8. The highest BCUT2D eigenvalue weighted by Gasteiger charge is 2.42. The largest absolute Gasteiger partial charge is 0.339 e. The van der Waals surface area contributed by atoms with Crippen LogP contribution in [0.25, 0.3) is 0 Å². The first kappa shape index (κ1) is 23.6. The highest BCUT2D eigenvalue weighted by Crippen LogP contribution is 2.33. The number of carbonyl (C=O) groups is 1. The Kier molecular flexibility index (Phi) is 7.59. The first-order valence-corrected chi connectivity index (χ1v) is 12.6. The van der Waals surface area contributed by atoms with Crippen molar-refractivity contribution < 1.29 is 13.2 Å². The summed E-state index contributed by atoms with van der Waals surface area (Å²) in [4.78, 5) is 15.6. The van der Waals surface area contributed by atoms with E-state index in [1.165, 1.54) is 0 Å². The van der Waals surface area contributed by atoms with E-state index in [2.05, 4.69) is 44.8 Å². The molecule has 2 saturated heterocycles. The number of sulfonamides is 1.